The summed E-state index contributed by atoms with van der Waals surface area (Å²) >= 11 is 6.13. The Bertz CT molecular complexity index is 1200. The molecule has 10 heteroatoms. The molecule has 0 spiro atoms. The van der Waals surface area contributed by atoms with Gasteiger partial charge in [-0.25, -0.2) is 0 Å². The zero-order valence-corrected chi connectivity index (χ0v) is 22.8. The third-order valence-corrected chi connectivity index (χ3v) is 8.26. The van der Waals surface area contributed by atoms with Crippen molar-refractivity contribution in [3.05, 3.63) is 82.0 Å². The van der Waals surface area contributed by atoms with Crippen molar-refractivity contribution in [2.24, 2.45) is 0 Å². The highest BCUT2D eigenvalue weighted by molar-refractivity contribution is 6.30. The zero-order chi connectivity index (χ0) is 27.3. The lowest BCUT2D eigenvalue weighted by Gasteiger charge is -2.35. The highest BCUT2D eigenvalue weighted by Gasteiger charge is 2.40. The van der Waals surface area contributed by atoms with E-state index in [1.807, 2.05) is 12.1 Å². The van der Waals surface area contributed by atoms with Crippen LogP contribution in [0.5, 0.6) is 0 Å². The highest BCUT2D eigenvalue weighted by Crippen LogP contribution is 2.43. The van der Waals surface area contributed by atoms with E-state index in [-0.39, 0.29) is 5.41 Å². The summed E-state index contributed by atoms with van der Waals surface area (Å²) in [7, 11) is 0. The summed E-state index contributed by atoms with van der Waals surface area (Å²) in [6.45, 7) is 6.14. The largest absolute Gasteiger partial charge is 0.416 e. The van der Waals surface area contributed by atoms with E-state index in [0.717, 1.165) is 81.9 Å². The van der Waals surface area contributed by atoms with Gasteiger partial charge in [-0.2, -0.15) is 18.2 Å². The Morgan fingerprint density at radius 1 is 0.949 bits per heavy atom. The van der Waals surface area contributed by atoms with Crippen LogP contribution in [0.25, 0.3) is 0 Å². The summed E-state index contributed by atoms with van der Waals surface area (Å²) in [6.07, 6.45) is 1.19. The summed E-state index contributed by atoms with van der Waals surface area (Å²) in [6, 6.07) is 13.7. The average molecular weight is 562 g/mol. The first-order chi connectivity index (χ1) is 18.8. The van der Waals surface area contributed by atoms with Gasteiger partial charge in [-0.1, -0.05) is 66.4 Å². The standard InChI is InChI=1S/C29H35ClF3N5O/c30-25-9-7-23(8-10-25)28(11-2-1-3-12-28)27-35-26(39-36-27)20-34-13-14-37-15-17-38(18-16-37)21-22-5-4-6-24(19-22)29(31,32)33/h4-10,19,34H,1-3,11-18,20-21H2. The van der Waals surface area contributed by atoms with E-state index in [2.05, 4.69) is 32.4 Å². The molecule has 2 aromatic carbocycles. The van der Waals surface area contributed by atoms with Gasteiger partial charge >= 0.3 is 6.18 Å². The molecule has 0 bridgehead atoms. The molecular weight excluding hydrogens is 527 g/mol. The second-order valence-corrected chi connectivity index (χ2v) is 11.1. The maximum atomic E-state index is 13.0. The van der Waals surface area contributed by atoms with Crippen LogP contribution in [0, 0.1) is 0 Å². The van der Waals surface area contributed by atoms with Gasteiger partial charge in [-0.15, -0.1) is 0 Å². The highest BCUT2D eigenvalue weighted by atomic mass is 35.5. The Kier molecular flexibility index (Phi) is 8.91. The number of nitrogens with zero attached hydrogens (tertiary/aromatic N) is 4. The molecule has 3 aromatic rings. The number of alkyl halides is 3. The number of piperazine rings is 1. The molecule has 1 saturated carbocycles. The quantitative estimate of drug-likeness (QED) is 0.328. The molecule has 0 unspecified atom stereocenters. The third kappa shape index (κ3) is 7.01. The normalized spacial score (nSPS) is 18.9. The predicted octanol–water partition coefficient (Wildman–Crippen LogP) is 5.90. The van der Waals surface area contributed by atoms with Gasteiger partial charge in [0.2, 0.25) is 5.89 Å². The lowest BCUT2D eigenvalue weighted by molar-refractivity contribution is -0.137. The molecule has 0 radical (unpaired) electrons. The molecule has 39 heavy (non-hydrogen) atoms. The number of aromatic nitrogens is 2. The maximum absolute atomic E-state index is 13.0. The fourth-order valence-corrected chi connectivity index (χ4v) is 5.92. The zero-order valence-electron chi connectivity index (χ0n) is 22.0. The summed E-state index contributed by atoms with van der Waals surface area (Å²) in [5.74, 6) is 1.35. The van der Waals surface area contributed by atoms with Crippen molar-refractivity contribution in [2.75, 3.05) is 39.3 Å². The molecule has 2 aliphatic rings. The second-order valence-electron chi connectivity index (χ2n) is 10.7. The molecular formula is C29H35ClF3N5O. The van der Waals surface area contributed by atoms with E-state index in [4.69, 9.17) is 21.1 Å². The van der Waals surface area contributed by atoms with Crippen LogP contribution in [0.3, 0.4) is 0 Å². The van der Waals surface area contributed by atoms with Crippen molar-refractivity contribution in [1.29, 1.82) is 0 Å². The number of halogens is 4. The van der Waals surface area contributed by atoms with Crippen LogP contribution in [-0.4, -0.2) is 59.2 Å². The lowest BCUT2D eigenvalue weighted by atomic mass is 9.69. The molecule has 210 valence electrons. The fraction of sp³-hybridized carbons (Fsp3) is 0.517. The summed E-state index contributed by atoms with van der Waals surface area (Å²) < 4.78 is 44.6. The molecule has 2 heterocycles. The number of rotatable bonds is 9. The van der Waals surface area contributed by atoms with Gasteiger partial charge in [0.05, 0.1) is 17.5 Å². The first-order valence-corrected chi connectivity index (χ1v) is 14.1. The minimum atomic E-state index is -4.31. The number of benzene rings is 2. The Labute approximate surface area is 232 Å². The third-order valence-electron chi connectivity index (χ3n) is 8.01. The van der Waals surface area contributed by atoms with Crippen LogP contribution in [-0.2, 0) is 24.7 Å². The Balaban J connectivity index is 1.07. The minimum Gasteiger partial charge on any atom is -0.338 e. The van der Waals surface area contributed by atoms with Crippen LogP contribution in [0.2, 0.25) is 5.02 Å². The Morgan fingerprint density at radius 2 is 1.67 bits per heavy atom. The van der Waals surface area contributed by atoms with E-state index in [9.17, 15) is 13.2 Å². The van der Waals surface area contributed by atoms with Gasteiger partial charge in [0.15, 0.2) is 5.82 Å². The van der Waals surface area contributed by atoms with Crippen LogP contribution in [0.15, 0.2) is 53.1 Å². The first-order valence-electron chi connectivity index (χ1n) is 13.7. The molecule has 5 rings (SSSR count). The lowest BCUT2D eigenvalue weighted by Crippen LogP contribution is -2.47. The van der Waals surface area contributed by atoms with Crippen molar-refractivity contribution < 1.29 is 17.7 Å². The van der Waals surface area contributed by atoms with Crippen LogP contribution >= 0.6 is 11.6 Å². The smallest absolute Gasteiger partial charge is 0.338 e. The SMILES string of the molecule is FC(F)(F)c1cccc(CN2CCN(CCNCc3nc(C4(c5ccc(Cl)cc5)CCCCC4)no3)CC2)c1. The van der Waals surface area contributed by atoms with Crippen molar-refractivity contribution in [3.8, 4) is 0 Å². The molecule has 1 aliphatic heterocycles. The van der Waals surface area contributed by atoms with Crippen LogP contribution in [0.1, 0.15) is 60.5 Å². The van der Waals surface area contributed by atoms with Crippen LogP contribution in [0.4, 0.5) is 13.2 Å². The Hall–Kier alpha value is -2.46. The van der Waals surface area contributed by atoms with E-state index < -0.39 is 11.7 Å². The minimum absolute atomic E-state index is 0.224. The van der Waals surface area contributed by atoms with Gasteiger partial charge in [0.25, 0.3) is 0 Å². The fourth-order valence-electron chi connectivity index (χ4n) is 5.79. The van der Waals surface area contributed by atoms with E-state index >= 15 is 0 Å². The number of hydrogen-bond donors (Lipinski definition) is 1. The van der Waals surface area contributed by atoms with Gasteiger partial charge in [0, 0.05) is 50.8 Å². The van der Waals surface area contributed by atoms with E-state index in [0.29, 0.717) is 24.5 Å². The number of nitrogens with one attached hydrogen (secondary N) is 1. The monoisotopic (exact) mass is 561 g/mol. The van der Waals surface area contributed by atoms with Crippen molar-refractivity contribution in [2.45, 2.75) is 56.8 Å². The van der Waals surface area contributed by atoms with Gasteiger partial charge in [0.1, 0.15) is 0 Å². The molecule has 2 fully saturated rings. The average Bonchev–Trinajstić information content (AvgIpc) is 3.42. The van der Waals surface area contributed by atoms with Crippen LogP contribution < -0.4 is 5.32 Å². The molecule has 1 saturated heterocycles. The Morgan fingerprint density at radius 3 is 2.38 bits per heavy atom. The van der Waals surface area contributed by atoms with E-state index in [1.165, 1.54) is 24.1 Å². The van der Waals surface area contributed by atoms with E-state index in [1.54, 1.807) is 6.07 Å². The van der Waals surface area contributed by atoms with Gasteiger partial charge < -0.3 is 9.84 Å². The van der Waals surface area contributed by atoms with Crippen molar-refractivity contribution >= 4 is 11.6 Å². The summed E-state index contributed by atoms with van der Waals surface area (Å²) in [5.41, 5.74) is 1.08. The second kappa shape index (κ2) is 12.4. The molecule has 1 aliphatic carbocycles. The van der Waals surface area contributed by atoms with Gasteiger partial charge in [-0.3, -0.25) is 9.80 Å². The molecule has 6 nitrogen and oxygen atoms in total. The molecule has 0 atom stereocenters. The van der Waals surface area contributed by atoms with Crippen molar-refractivity contribution in [1.82, 2.24) is 25.3 Å². The first kappa shape index (κ1) is 28.1. The molecule has 1 N–H and O–H groups in total. The molecule has 1 aromatic heterocycles. The predicted molar refractivity (Wildman–Crippen MR) is 144 cm³/mol. The van der Waals surface area contributed by atoms with Crippen molar-refractivity contribution in [3.63, 3.8) is 0 Å². The topological polar surface area (TPSA) is 57.4 Å². The summed E-state index contributed by atoms with van der Waals surface area (Å²) in [5, 5.41) is 8.55. The summed E-state index contributed by atoms with van der Waals surface area (Å²) in [4.78, 5) is 9.37. The van der Waals surface area contributed by atoms with Gasteiger partial charge in [-0.05, 0) is 42.2 Å². The molecule has 0 amide bonds. The maximum Gasteiger partial charge on any atom is 0.416 e. The number of hydrogen-bond acceptors (Lipinski definition) is 6.